The Morgan fingerprint density at radius 1 is 0.592 bits per heavy atom. The number of unbranched alkanes of at least 4 members (excludes halogenated alkanes) is 10. The van der Waals surface area contributed by atoms with Crippen LogP contribution in [0.3, 0.4) is 0 Å². The number of benzene rings is 1. The van der Waals surface area contributed by atoms with E-state index in [1.165, 1.54) is 49.9 Å². The zero-order valence-corrected chi connectivity index (χ0v) is 69.9. The lowest BCUT2D eigenvalue weighted by molar-refractivity contribution is -0.155. The summed E-state index contributed by atoms with van der Waals surface area (Å²) >= 11 is 0. The van der Waals surface area contributed by atoms with Gasteiger partial charge < -0.3 is 131 Å². The topological polar surface area (TPSA) is 659 Å². The maximum Gasteiger partial charge on any atom is 0.328 e. The van der Waals surface area contributed by atoms with Gasteiger partial charge in [0.2, 0.25) is 82.7 Å². The first-order valence-electron chi connectivity index (χ1n) is 41.4. The second-order valence-corrected chi connectivity index (χ2v) is 31.6. The van der Waals surface area contributed by atoms with E-state index in [0.29, 0.717) is 29.7 Å². The third-order valence-corrected chi connectivity index (χ3v) is 21.0. The molecule has 3 saturated heterocycles. The van der Waals surface area contributed by atoms with Crippen molar-refractivity contribution < 1.29 is 118 Å². The van der Waals surface area contributed by atoms with E-state index in [1.54, 1.807) is 0 Å². The van der Waals surface area contributed by atoms with Crippen LogP contribution in [0.1, 0.15) is 196 Å². The van der Waals surface area contributed by atoms with Crippen molar-refractivity contribution in [1.29, 1.82) is 5.26 Å². The average Bonchev–Trinajstić information content (AvgIpc) is 1.63. The van der Waals surface area contributed by atoms with Crippen LogP contribution in [0.4, 0.5) is 0 Å². The highest BCUT2D eigenvalue weighted by atomic mass is 16.5. The highest BCUT2D eigenvalue weighted by molar-refractivity contribution is 6.00. The van der Waals surface area contributed by atoms with Crippen LogP contribution in [-0.4, -0.2) is 305 Å². The summed E-state index contributed by atoms with van der Waals surface area (Å²) in [5, 5.41) is 121. The Labute approximate surface area is 698 Å². The van der Waals surface area contributed by atoms with Crippen molar-refractivity contribution in [3.63, 3.8) is 0 Å². The highest BCUT2D eigenvalue weighted by Crippen LogP contribution is 2.26. The fourth-order valence-corrected chi connectivity index (χ4v) is 14.1. The zero-order chi connectivity index (χ0) is 89.8. The van der Waals surface area contributed by atoms with E-state index in [0.717, 1.165) is 90.4 Å². The molecule has 0 bridgehead atoms. The number of nitrogens with one attached hydrogen (secondary N) is 10. The number of rotatable bonds is 32. The maximum absolute atomic E-state index is 14.9. The number of aromatic hydroxyl groups is 1. The standard InChI is InChI=1S/C79H129N17O24/c1-9-10-11-12-13-14-15-16-17-18-19-23-51-38-59(106)88-62(44(5)97)72(112)85-43(4)68(108)87-54(36-48-26-28-49(101)29-27-48)69(109)90-61(42(2)3)77(117)96-41-50(102)37-55(96)70(110)91-64(46(7)99)74(114)92-65(47(8)100)78(118)95-35-30-56(103)67(95)75(115)93-66(57(104)39-58(83)105)71(111)84-40-60(107)89-63(45(6)98)73(113)86-53(79(119)120-51)25-21-33-94(34-22-32-81)76(116)52(82)24-20-31-80/h26-29,42-47,50-57,61-67,97-104H,9-25,30-31,33-41,80,82H2,1-8H3,(H2,83,105)(H,84,111)(H,85,112)(H,86,113)(H,87,108)(H,88,106)(H,89,107)(H,90,109)(H,91,110)(H,92,114)(H,93,115)/t43-,44-,45-,46-,47-,50-,51-,52+,53-,54+,55+,56+,57?,61+,62-,63+,64-,65+,66?,67+/m1/s1. The first-order chi connectivity index (χ1) is 56.7. The Balaban J connectivity index is 1.88. The molecule has 3 fully saturated rings. The highest BCUT2D eigenvalue weighted by Gasteiger charge is 2.49. The molecular weight excluding hydrogens is 1570 g/mol. The van der Waals surface area contributed by atoms with Crippen molar-refractivity contribution in [2.45, 2.75) is 318 Å². The summed E-state index contributed by atoms with van der Waals surface area (Å²) in [6.45, 7) is 8.39. The normalized spacial score (nSPS) is 26.7. The van der Waals surface area contributed by atoms with Crippen molar-refractivity contribution >= 4 is 88.7 Å². The van der Waals surface area contributed by atoms with Gasteiger partial charge in [-0.25, -0.2) is 4.79 Å². The molecule has 0 spiro atoms. The van der Waals surface area contributed by atoms with Crippen molar-refractivity contribution in [3.8, 4) is 11.8 Å². The van der Waals surface area contributed by atoms with Crippen LogP contribution in [0.15, 0.2) is 24.3 Å². The fourth-order valence-electron chi connectivity index (χ4n) is 14.1. The molecule has 674 valence electrons. The number of fused-ring (bicyclic) bond motifs is 2. The molecule has 0 saturated carbocycles. The van der Waals surface area contributed by atoms with Gasteiger partial charge in [-0.15, -0.1) is 0 Å². The number of cyclic esters (lactones) is 1. The molecule has 3 aliphatic heterocycles. The van der Waals surface area contributed by atoms with Gasteiger partial charge >= 0.3 is 5.97 Å². The van der Waals surface area contributed by atoms with Gasteiger partial charge in [-0.2, -0.15) is 5.26 Å². The van der Waals surface area contributed by atoms with Crippen LogP contribution in [0.2, 0.25) is 0 Å². The number of carbonyl (C=O) groups excluding carboxylic acids is 15. The molecule has 0 radical (unpaired) electrons. The maximum atomic E-state index is 14.9. The Bertz CT molecular complexity index is 3620. The van der Waals surface area contributed by atoms with Crippen molar-refractivity contribution in [2.75, 3.05) is 39.3 Å². The summed E-state index contributed by atoms with van der Waals surface area (Å²) < 4.78 is 6.09. The number of esters is 1. The summed E-state index contributed by atoms with van der Waals surface area (Å²) in [6, 6.07) is -14.1. The van der Waals surface area contributed by atoms with Crippen LogP contribution in [-0.2, 0) is 83.1 Å². The summed E-state index contributed by atoms with van der Waals surface area (Å²) in [5.41, 5.74) is 17.6. The smallest absolute Gasteiger partial charge is 0.328 e. The summed E-state index contributed by atoms with van der Waals surface area (Å²) in [4.78, 5) is 216. The van der Waals surface area contributed by atoms with Gasteiger partial charge in [0.05, 0.1) is 80.6 Å². The van der Waals surface area contributed by atoms with Crippen molar-refractivity contribution in [1.82, 2.24) is 67.9 Å². The minimum Gasteiger partial charge on any atom is -0.508 e. The predicted octanol–water partition coefficient (Wildman–Crippen LogP) is -5.62. The number of amides is 14. The van der Waals surface area contributed by atoms with Gasteiger partial charge in [0, 0.05) is 39.0 Å². The van der Waals surface area contributed by atoms with Crippen LogP contribution in [0.5, 0.6) is 5.75 Å². The SMILES string of the molecule is CCCCCCCCCCCCC[C@@H]1CC(=O)N[C@H]([C@@H](C)O)C(=O)N[C@H](C)C(=O)N[C@@H](Cc2ccc(O)cc2)C(=O)N[C@@H](C(C)C)C(=O)N2C[C@H](O)C[C@H]2C(=O)N[C@H]([C@@H](C)O)C(=O)N[C@@H]([C@@H](C)O)C(=O)N2CC[C@H](O)[C@H]2C(=O)NC(C(O)CC(N)=O)C(=O)NCC(=O)N[C@@H]([C@@H](C)O)C(=O)N[C@H](CCCN(CCC#N)C(=O)[C@@H](N)CCCN)C(=O)O1. The number of primary amides is 1. The molecule has 3 aliphatic rings. The fraction of sp³-hybridized carbons (Fsp3) is 0.722. The molecule has 0 aromatic heterocycles. The summed E-state index contributed by atoms with van der Waals surface area (Å²) in [6.07, 6.45) is -7.13. The molecular formula is C79H129N17O24. The molecule has 120 heavy (non-hydrogen) atoms. The second-order valence-electron chi connectivity index (χ2n) is 31.6. The Morgan fingerprint density at radius 3 is 1.68 bits per heavy atom. The number of nitrogens with zero attached hydrogens (tertiary/aromatic N) is 4. The van der Waals surface area contributed by atoms with E-state index < -0.39 is 255 Å². The van der Waals surface area contributed by atoms with Gasteiger partial charge in [-0.3, -0.25) is 67.1 Å². The molecule has 2 unspecified atom stereocenters. The number of hydrogen-bond donors (Lipinski definition) is 21. The minimum atomic E-state index is -2.27. The van der Waals surface area contributed by atoms with E-state index in [-0.39, 0.29) is 70.3 Å². The molecule has 1 aromatic carbocycles. The van der Waals surface area contributed by atoms with Crippen molar-refractivity contribution in [2.24, 2.45) is 23.1 Å². The van der Waals surface area contributed by atoms with E-state index in [2.05, 4.69) is 60.1 Å². The Kier molecular flexibility index (Phi) is 44.2. The largest absolute Gasteiger partial charge is 0.508 e. The number of phenolic OH excluding ortho intramolecular Hbond substituents is 1. The lowest BCUT2D eigenvalue weighted by Crippen LogP contribution is -2.64. The average molecular weight is 1700 g/mol. The molecule has 20 atom stereocenters. The van der Waals surface area contributed by atoms with E-state index in [9.17, 15) is 118 Å². The number of aliphatic hydroxyl groups excluding tert-OH is 7. The quantitative estimate of drug-likeness (QED) is 0.0236. The van der Waals surface area contributed by atoms with Gasteiger partial charge in [0.15, 0.2) is 0 Å². The number of aliphatic hydroxyl groups is 7. The summed E-state index contributed by atoms with van der Waals surface area (Å²) in [5.74, 6) is -18.3. The molecule has 41 heteroatoms. The molecule has 14 amide bonds. The number of nitriles is 1. The van der Waals surface area contributed by atoms with E-state index in [4.69, 9.17) is 21.9 Å². The molecule has 24 N–H and O–H groups in total. The number of nitrogens with two attached hydrogens (primary N) is 3. The van der Waals surface area contributed by atoms with Gasteiger partial charge in [-0.1, -0.05) is 97.1 Å². The third kappa shape index (κ3) is 33.3. The van der Waals surface area contributed by atoms with Gasteiger partial charge in [0.25, 0.3) is 0 Å². The van der Waals surface area contributed by atoms with Crippen LogP contribution < -0.4 is 70.4 Å². The van der Waals surface area contributed by atoms with Crippen LogP contribution >= 0.6 is 0 Å². The zero-order valence-electron chi connectivity index (χ0n) is 69.9. The van der Waals surface area contributed by atoms with Crippen molar-refractivity contribution in [3.05, 3.63) is 29.8 Å². The lowest BCUT2D eigenvalue weighted by atomic mass is 9.99. The monoisotopic (exact) mass is 1700 g/mol. The molecule has 3 heterocycles. The lowest BCUT2D eigenvalue weighted by Gasteiger charge is -2.34. The van der Waals surface area contributed by atoms with E-state index in [1.807, 2.05) is 6.07 Å². The number of ether oxygens (including phenoxy) is 1. The Morgan fingerprint density at radius 2 is 1.12 bits per heavy atom. The Hall–Kier alpha value is -9.80. The van der Waals surface area contributed by atoms with Crippen LogP contribution in [0.25, 0.3) is 0 Å². The third-order valence-electron chi connectivity index (χ3n) is 21.0. The molecule has 41 nitrogen and oxygen atoms in total. The first kappa shape index (κ1) is 103. The van der Waals surface area contributed by atoms with Gasteiger partial charge in [-0.05, 0) is 110 Å². The molecule has 4 rings (SSSR count). The number of hydrogen-bond acceptors (Lipinski definition) is 27. The molecule has 0 aliphatic carbocycles. The minimum absolute atomic E-state index is 0.0139. The van der Waals surface area contributed by atoms with Gasteiger partial charge in [0.1, 0.15) is 78.3 Å². The first-order valence-corrected chi connectivity index (χ1v) is 41.4. The predicted molar refractivity (Wildman–Crippen MR) is 429 cm³/mol. The number of phenols is 1. The molecule has 1 aromatic rings. The summed E-state index contributed by atoms with van der Waals surface area (Å²) in [7, 11) is 0. The second kappa shape index (κ2) is 51.7. The van der Waals surface area contributed by atoms with E-state index >= 15 is 0 Å². The van der Waals surface area contributed by atoms with Crippen LogP contribution in [0, 0.1) is 17.2 Å². The number of carbonyl (C=O) groups is 15.